The zero-order valence-corrected chi connectivity index (χ0v) is 13.4. The average molecular weight is 310 g/mol. The molecule has 112 valence electrons. The third-order valence-electron chi connectivity index (χ3n) is 4.43. The maximum Gasteiger partial charge on any atom is 0.263 e. The lowest BCUT2D eigenvalue weighted by Gasteiger charge is -2.19. The van der Waals surface area contributed by atoms with Crippen molar-refractivity contribution in [2.45, 2.75) is 19.8 Å². The number of carbonyl (C=O) groups excluding carboxylic acids is 1. The normalized spacial score (nSPS) is 14.9. The van der Waals surface area contributed by atoms with E-state index in [1.165, 1.54) is 39.1 Å². The van der Waals surface area contributed by atoms with Gasteiger partial charge in [-0.15, -0.1) is 11.3 Å². The molecule has 0 unspecified atom stereocenters. The lowest BCUT2D eigenvalue weighted by molar-refractivity contribution is 0.0768. The predicted molar refractivity (Wildman–Crippen MR) is 90.7 cm³/mol. The number of fused-ring (bicyclic) bond motifs is 3. The number of hydrogen-bond donors (Lipinski definition) is 1. The molecule has 1 aliphatic heterocycles. The van der Waals surface area contributed by atoms with Gasteiger partial charge in [0.15, 0.2) is 0 Å². The molecule has 3 aromatic rings. The van der Waals surface area contributed by atoms with Crippen LogP contribution in [-0.2, 0) is 12.8 Å². The van der Waals surface area contributed by atoms with Gasteiger partial charge in [-0.1, -0.05) is 17.7 Å². The first-order chi connectivity index (χ1) is 10.7. The van der Waals surface area contributed by atoms with Gasteiger partial charge in [-0.3, -0.25) is 4.79 Å². The smallest absolute Gasteiger partial charge is 0.263 e. The summed E-state index contributed by atoms with van der Waals surface area (Å²) in [6, 6.07) is 10.4. The van der Waals surface area contributed by atoms with Crippen LogP contribution in [-0.4, -0.2) is 28.9 Å². The monoisotopic (exact) mass is 310 g/mol. The van der Waals surface area contributed by atoms with E-state index in [1.54, 1.807) is 0 Å². The van der Waals surface area contributed by atoms with Gasteiger partial charge >= 0.3 is 0 Å². The third-order valence-corrected chi connectivity index (χ3v) is 5.29. The molecule has 22 heavy (non-hydrogen) atoms. The highest BCUT2D eigenvalue weighted by Crippen LogP contribution is 2.27. The second-order valence-corrected chi connectivity index (χ2v) is 6.85. The third kappa shape index (κ3) is 2.24. The van der Waals surface area contributed by atoms with Crippen molar-refractivity contribution < 1.29 is 4.79 Å². The number of H-pyrrole nitrogens is 1. The second kappa shape index (κ2) is 5.29. The van der Waals surface area contributed by atoms with Gasteiger partial charge in [0.25, 0.3) is 5.91 Å². The minimum absolute atomic E-state index is 0.167. The molecule has 4 rings (SSSR count). The van der Waals surface area contributed by atoms with Crippen LogP contribution in [0.15, 0.2) is 35.7 Å². The predicted octanol–water partition coefficient (Wildman–Crippen LogP) is 3.78. The summed E-state index contributed by atoms with van der Waals surface area (Å²) in [7, 11) is 0. The molecule has 1 aromatic carbocycles. The Balaban J connectivity index is 1.63. The summed E-state index contributed by atoms with van der Waals surface area (Å²) >= 11 is 1.52. The standard InChI is InChI=1S/C18H18N2OS/c1-12-4-5-15-14(11-12)13-6-8-20(9-7-16(13)19-15)18(21)17-3-2-10-22-17/h2-5,10-11,19H,6-9H2,1H3. The van der Waals surface area contributed by atoms with Crippen molar-refractivity contribution >= 4 is 28.1 Å². The summed E-state index contributed by atoms with van der Waals surface area (Å²) < 4.78 is 0. The number of aryl methyl sites for hydroxylation is 1. The number of nitrogens with one attached hydrogen (secondary N) is 1. The SMILES string of the molecule is Cc1ccc2[nH]c3c(c2c1)CCN(C(=O)c1cccs1)CC3. The van der Waals surface area contributed by atoms with Crippen molar-refractivity contribution in [3.8, 4) is 0 Å². The lowest BCUT2D eigenvalue weighted by atomic mass is 10.1. The van der Waals surface area contributed by atoms with E-state index < -0.39 is 0 Å². The Morgan fingerprint density at radius 1 is 1.23 bits per heavy atom. The molecule has 3 heterocycles. The van der Waals surface area contributed by atoms with Crippen LogP contribution in [0, 0.1) is 6.92 Å². The van der Waals surface area contributed by atoms with Gasteiger partial charge in [-0.2, -0.15) is 0 Å². The average Bonchev–Trinajstić information content (AvgIpc) is 3.10. The molecule has 1 N–H and O–H groups in total. The first-order valence-corrected chi connectivity index (χ1v) is 8.53. The van der Waals surface area contributed by atoms with Gasteiger partial charge < -0.3 is 9.88 Å². The number of nitrogens with zero attached hydrogens (tertiary/aromatic N) is 1. The van der Waals surface area contributed by atoms with E-state index in [4.69, 9.17) is 0 Å². The minimum atomic E-state index is 0.167. The van der Waals surface area contributed by atoms with Crippen molar-refractivity contribution in [1.29, 1.82) is 0 Å². The number of carbonyl (C=O) groups is 1. The number of aromatic amines is 1. The van der Waals surface area contributed by atoms with Crippen molar-refractivity contribution in [2.24, 2.45) is 0 Å². The number of rotatable bonds is 1. The van der Waals surface area contributed by atoms with Crippen LogP contribution in [0.25, 0.3) is 10.9 Å². The molecule has 0 radical (unpaired) electrons. The van der Waals surface area contributed by atoms with Gasteiger partial charge in [0.05, 0.1) is 4.88 Å². The first kappa shape index (κ1) is 13.6. The second-order valence-electron chi connectivity index (χ2n) is 5.90. The van der Waals surface area contributed by atoms with Crippen LogP contribution in [0.2, 0.25) is 0 Å². The highest BCUT2D eigenvalue weighted by molar-refractivity contribution is 7.12. The zero-order chi connectivity index (χ0) is 15.1. The number of amides is 1. The molecule has 0 bridgehead atoms. The highest BCUT2D eigenvalue weighted by Gasteiger charge is 2.22. The quantitative estimate of drug-likeness (QED) is 0.729. The van der Waals surface area contributed by atoms with E-state index in [0.29, 0.717) is 0 Å². The van der Waals surface area contributed by atoms with Crippen molar-refractivity contribution in [2.75, 3.05) is 13.1 Å². The Bertz CT molecular complexity index is 832. The van der Waals surface area contributed by atoms with E-state index in [1.807, 2.05) is 22.4 Å². The van der Waals surface area contributed by atoms with Crippen molar-refractivity contribution in [1.82, 2.24) is 9.88 Å². The van der Waals surface area contributed by atoms with E-state index in [9.17, 15) is 4.79 Å². The van der Waals surface area contributed by atoms with Crippen LogP contribution >= 0.6 is 11.3 Å². The van der Waals surface area contributed by atoms with Gasteiger partial charge in [0.2, 0.25) is 0 Å². The number of thiophene rings is 1. The molecule has 0 fully saturated rings. The fourth-order valence-electron chi connectivity index (χ4n) is 3.28. The van der Waals surface area contributed by atoms with E-state index in [-0.39, 0.29) is 5.91 Å². The lowest BCUT2D eigenvalue weighted by Crippen LogP contribution is -2.32. The van der Waals surface area contributed by atoms with E-state index >= 15 is 0 Å². The topological polar surface area (TPSA) is 36.1 Å². The molecule has 0 saturated heterocycles. The van der Waals surface area contributed by atoms with Crippen molar-refractivity contribution in [3.63, 3.8) is 0 Å². The molecule has 0 saturated carbocycles. The van der Waals surface area contributed by atoms with Crippen LogP contribution in [0.5, 0.6) is 0 Å². The van der Waals surface area contributed by atoms with Gasteiger partial charge in [0, 0.05) is 36.1 Å². The number of benzene rings is 1. The summed E-state index contributed by atoms with van der Waals surface area (Å²) in [4.78, 5) is 18.9. The maximum absolute atomic E-state index is 12.5. The molecule has 1 aliphatic rings. The Morgan fingerprint density at radius 3 is 2.91 bits per heavy atom. The molecule has 0 atom stereocenters. The number of hydrogen-bond acceptors (Lipinski definition) is 2. The van der Waals surface area contributed by atoms with E-state index in [2.05, 4.69) is 30.1 Å². The van der Waals surface area contributed by atoms with Gasteiger partial charge in [0.1, 0.15) is 0 Å². The fourth-order valence-corrected chi connectivity index (χ4v) is 3.97. The fraction of sp³-hybridized carbons (Fsp3) is 0.278. The van der Waals surface area contributed by atoms with Crippen molar-refractivity contribution in [3.05, 3.63) is 57.4 Å². The summed E-state index contributed by atoms with van der Waals surface area (Å²) in [5.41, 5.74) is 5.18. The van der Waals surface area contributed by atoms with E-state index in [0.717, 1.165) is 30.8 Å². The Kier molecular flexibility index (Phi) is 3.26. The summed E-state index contributed by atoms with van der Waals surface area (Å²) in [6.45, 7) is 3.71. The highest BCUT2D eigenvalue weighted by atomic mass is 32.1. The van der Waals surface area contributed by atoms with Crippen LogP contribution in [0.1, 0.15) is 26.5 Å². The Hall–Kier alpha value is -2.07. The molecule has 0 aliphatic carbocycles. The van der Waals surface area contributed by atoms with Crippen LogP contribution in [0.3, 0.4) is 0 Å². The summed E-state index contributed by atoms with van der Waals surface area (Å²) in [5, 5.41) is 3.28. The molecule has 0 spiro atoms. The zero-order valence-electron chi connectivity index (χ0n) is 12.6. The molecule has 3 nitrogen and oxygen atoms in total. The molecule has 2 aromatic heterocycles. The molecule has 1 amide bonds. The molecular weight excluding hydrogens is 292 g/mol. The molecular formula is C18H18N2OS. The van der Waals surface area contributed by atoms with Crippen LogP contribution < -0.4 is 0 Å². The van der Waals surface area contributed by atoms with Gasteiger partial charge in [-0.05, 0) is 42.5 Å². The summed E-state index contributed by atoms with van der Waals surface area (Å²) in [5.74, 6) is 0.167. The largest absolute Gasteiger partial charge is 0.358 e. The number of aromatic nitrogens is 1. The van der Waals surface area contributed by atoms with Gasteiger partial charge in [-0.25, -0.2) is 0 Å². The van der Waals surface area contributed by atoms with Crippen LogP contribution in [0.4, 0.5) is 0 Å². The first-order valence-electron chi connectivity index (χ1n) is 7.65. The Morgan fingerprint density at radius 2 is 2.09 bits per heavy atom. The maximum atomic E-state index is 12.5. The summed E-state index contributed by atoms with van der Waals surface area (Å²) in [6.07, 6.45) is 1.83. The Labute approximate surface area is 133 Å². The minimum Gasteiger partial charge on any atom is -0.358 e. The molecule has 4 heteroatoms.